The van der Waals surface area contributed by atoms with Crippen molar-refractivity contribution in [2.24, 2.45) is 5.41 Å². The normalized spacial score (nSPS) is 22.8. The molecule has 22 heavy (non-hydrogen) atoms. The van der Waals surface area contributed by atoms with Crippen molar-refractivity contribution in [2.75, 3.05) is 12.4 Å². The van der Waals surface area contributed by atoms with Crippen LogP contribution in [0, 0.1) is 16.7 Å². The summed E-state index contributed by atoms with van der Waals surface area (Å²) < 4.78 is 6.94. The number of aromatic amines is 1. The van der Waals surface area contributed by atoms with E-state index in [-0.39, 0.29) is 11.1 Å². The van der Waals surface area contributed by atoms with Gasteiger partial charge in [-0.1, -0.05) is 11.8 Å². The second-order valence-electron chi connectivity index (χ2n) is 5.91. The van der Waals surface area contributed by atoms with Crippen molar-refractivity contribution < 1.29 is 4.74 Å². The van der Waals surface area contributed by atoms with Gasteiger partial charge in [-0.05, 0) is 25.7 Å². The third kappa shape index (κ3) is 2.21. The van der Waals surface area contributed by atoms with Crippen LogP contribution in [0.4, 0.5) is 0 Å². The predicted molar refractivity (Wildman–Crippen MR) is 79.7 cm³/mol. The third-order valence-electron chi connectivity index (χ3n) is 4.48. The molecule has 1 saturated carbocycles. The van der Waals surface area contributed by atoms with Gasteiger partial charge >= 0.3 is 5.69 Å². The molecular weight excluding hydrogens is 302 g/mol. The zero-order chi connectivity index (χ0) is 15.2. The number of thioether (sulfide) groups is 1. The van der Waals surface area contributed by atoms with Gasteiger partial charge in [0.2, 0.25) is 0 Å². The molecule has 2 aromatic rings. The number of nitriles is 1. The van der Waals surface area contributed by atoms with Crippen LogP contribution in [0.1, 0.15) is 31.2 Å². The number of fused-ring (bicyclic) bond motifs is 1. The highest BCUT2D eigenvalue weighted by molar-refractivity contribution is 7.99. The zero-order valence-electron chi connectivity index (χ0n) is 11.9. The summed E-state index contributed by atoms with van der Waals surface area (Å²) in [4.78, 5) is 19.1. The molecule has 2 fully saturated rings. The Morgan fingerprint density at radius 1 is 1.59 bits per heavy atom. The monoisotopic (exact) mass is 317 g/mol. The SMILES string of the molecule is N#Cc1cnn2c(=O)[nH]c(SCC3(C4CCCO4)CC3)nc12. The highest BCUT2D eigenvalue weighted by Gasteiger charge is 2.50. The van der Waals surface area contributed by atoms with E-state index in [1.807, 2.05) is 6.07 Å². The van der Waals surface area contributed by atoms with E-state index in [2.05, 4.69) is 15.1 Å². The number of nitrogens with one attached hydrogen (secondary N) is 1. The van der Waals surface area contributed by atoms with Crippen LogP contribution in [-0.2, 0) is 4.74 Å². The second kappa shape index (κ2) is 5.11. The van der Waals surface area contributed by atoms with Crippen LogP contribution >= 0.6 is 11.8 Å². The Bertz CT molecular complexity index is 811. The smallest absolute Gasteiger partial charge is 0.350 e. The maximum absolute atomic E-state index is 12.0. The fourth-order valence-corrected chi connectivity index (χ4v) is 4.22. The molecule has 1 unspecified atom stereocenters. The lowest BCUT2D eigenvalue weighted by molar-refractivity contribution is 0.0608. The van der Waals surface area contributed by atoms with Crippen LogP contribution in [-0.4, -0.2) is 38.0 Å². The molecule has 2 aliphatic rings. The Labute approximate surface area is 130 Å². The molecule has 1 aliphatic carbocycles. The third-order valence-corrected chi connectivity index (χ3v) is 5.67. The predicted octanol–water partition coefficient (Wildman–Crippen LogP) is 1.34. The average Bonchev–Trinajstić information content (AvgIpc) is 2.96. The summed E-state index contributed by atoms with van der Waals surface area (Å²) in [6, 6.07) is 2.01. The molecule has 0 amide bonds. The summed E-state index contributed by atoms with van der Waals surface area (Å²) in [6.45, 7) is 0.861. The Hall–Kier alpha value is -1.85. The van der Waals surface area contributed by atoms with E-state index < -0.39 is 0 Å². The first-order chi connectivity index (χ1) is 10.7. The maximum Gasteiger partial charge on any atom is 0.350 e. The fraction of sp³-hybridized carbons (Fsp3) is 0.571. The van der Waals surface area contributed by atoms with Crippen molar-refractivity contribution >= 4 is 17.4 Å². The number of rotatable bonds is 4. The molecule has 1 saturated heterocycles. The topological polar surface area (TPSA) is 96.1 Å². The lowest BCUT2D eigenvalue weighted by Crippen LogP contribution is -2.24. The van der Waals surface area contributed by atoms with Gasteiger partial charge in [-0.2, -0.15) is 14.9 Å². The number of H-pyrrole nitrogens is 1. The molecule has 0 bridgehead atoms. The minimum absolute atomic E-state index is 0.240. The van der Waals surface area contributed by atoms with Crippen molar-refractivity contribution in [3.63, 3.8) is 0 Å². The van der Waals surface area contributed by atoms with E-state index in [1.165, 1.54) is 30.8 Å². The van der Waals surface area contributed by atoms with Crippen LogP contribution in [0.3, 0.4) is 0 Å². The number of hydrogen-bond acceptors (Lipinski definition) is 6. The number of ether oxygens (including phenoxy) is 1. The van der Waals surface area contributed by atoms with Gasteiger partial charge in [-0.3, -0.25) is 4.98 Å². The largest absolute Gasteiger partial charge is 0.378 e. The van der Waals surface area contributed by atoms with Crippen molar-refractivity contribution in [3.8, 4) is 6.07 Å². The van der Waals surface area contributed by atoms with Crippen molar-refractivity contribution in [1.29, 1.82) is 5.26 Å². The number of aromatic nitrogens is 4. The molecule has 7 nitrogen and oxygen atoms in total. The van der Waals surface area contributed by atoms with Crippen LogP contribution in [0.15, 0.2) is 16.1 Å². The Kier molecular flexibility index (Phi) is 3.20. The van der Waals surface area contributed by atoms with Crippen LogP contribution in [0.2, 0.25) is 0 Å². The van der Waals surface area contributed by atoms with Gasteiger partial charge in [0, 0.05) is 17.8 Å². The summed E-state index contributed by atoms with van der Waals surface area (Å²) >= 11 is 1.53. The standard InChI is InChI=1S/C14H15N5O2S/c15-6-9-7-16-19-11(9)17-12(18-13(19)20)22-8-14(3-4-14)10-2-1-5-21-10/h7,10H,1-5,8H2,(H,17,18,20). The highest BCUT2D eigenvalue weighted by atomic mass is 32.2. The Morgan fingerprint density at radius 3 is 3.14 bits per heavy atom. The van der Waals surface area contributed by atoms with Crippen molar-refractivity contribution in [2.45, 2.75) is 36.9 Å². The summed E-state index contributed by atoms with van der Waals surface area (Å²) in [5.41, 5.74) is 0.504. The number of hydrogen-bond donors (Lipinski definition) is 1. The first-order valence-corrected chi connectivity index (χ1v) is 8.33. The van der Waals surface area contributed by atoms with Gasteiger partial charge in [0.05, 0.1) is 12.3 Å². The van der Waals surface area contributed by atoms with Crippen LogP contribution in [0.5, 0.6) is 0 Å². The quantitative estimate of drug-likeness (QED) is 0.855. The lowest BCUT2D eigenvalue weighted by Gasteiger charge is -2.21. The Balaban J connectivity index is 1.57. The van der Waals surface area contributed by atoms with E-state index in [1.54, 1.807) is 0 Å². The maximum atomic E-state index is 12.0. The summed E-state index contributed by atoms with van der Waals surface area (Å²) in [5, 5.41) is 13.5. The summed E-state index contributed by atoms with van der Waals surface area (Å²) in [6.07, 6.45) is 6.33. The van der Waals surface area contributed by atoms with Crippen molar-refractivity contribution in [1.82, 2.24) is 19.6 Å². The molecule has 2 aromatic heterocycles. The summed E-state index contributed by atoms with van der Waals surface area (Å²) in [5.74, 6) is 0.882. The second-order valence-corrected chi connectivity index (χ2v) is 6.87. The molecule has 0 spiro atoms. The van der Waals surface area contributed by atoms with E-state index in [9.17, 15) is 4.79 Å². The average molecular weight is 317 g/mol. The van der Waals surface area contributed by atoms with Gasteiger partial charge in [0.15, 0.2) is 10.8 Å². The molecule has 0 radical (unpaired) electrons. The minimum Gasteiger partial charge on any atom is -0.378 e. The van der Waals surface area contributed by atoms with Gasteiger partial charge < -0.3 is 4.74 Å². The Morgan fingerprint density at radius 2 is 2.45 bits per heavy atom. The van der Waals surface area contributed by atoms with E-state index in [4.69, 9.17) is 10.00 Å². The zero-order valence-corrected chi connectivity index (χ0v) is 12.7. The minimum atomic E-state index is -0.365. The molecule has 1 aliphatic heterocycles. The molecule has 8 heteroatoms. The van der Waals surface area contributed by atoms with Gasteiger partial charge in [0.25, 0.3) is 0 Å². The van der Waals surface area contributed by atoms with Crippen LogP contribution < -0.4 is 5.69 Å². The van der Waals surface area contributed by atoms with E-state index in [0.717, 1.165) is 29.7 Å². The first-order valence-electron chi connectivity index (χ1n) is 7.34. The molecule has 1 N–H and O–H groups in total. The van der Waals surface area contributed by atoms with E-state index >= 15 is 0 Å². The molecule has 0 aromatic carbocycles. The van der Waals surface area contributed by atoms with Gasteiger partial charge in [0.1, 0.15) is 11.6 Å². The van der Waals surface area contributed by atoms with Gasteiger partial charge in [-0.15, -0.1) is 0 Å². The highest BCUT2D eigenvalue weighted by Crippen LogP contribution is 2.54. The molecule has 114 valence electrons. The van der Waals surface area contributed by atoms with Crippen molar-refractivity contribution in [3.05, 3.63) is 22.2 Å². The summed E-state index contributed by atoms with van der Waals surface area (Å²) in [7, 11) is 0. The first kappa shape index (κ1) is 13.8. The fourth-order valence-electron chi connectivity index (χ4n) is 3.01. The molecule has 3 heterocycles. The number of nitrogens with zero attached hydrogens (tertiary/aromatic N) is 4. The molecular formula is C14H15N5O2S. The van der Waals surface area contributed by atoms with E-state index in [0.29, 0.717) is 22.5 Å². The lowest BCUT2D eigenvalue weighted by atomic mass is 9.99. The molecule has 1 atom stereocenters. The molecule has 4 rings (SSSR count). The van der Waals surface area contributed by atoms with Gasteiger partial charge in [-0.25, -0.2) is 9.78 Å². The van der Waals surface area contributed by atoms with Crippen LogP contribution in [0.25, 0.3) is 5.65 Å².